The third-order valence-corrected chi connectivity index (χ3v) is 6.42. The molecule has 0 bridgehead atoms. The minimum absolute atomic E-state index is 0.0900. The number of rotatable bonds is 15. The lowest BCUT2D eigenvalue weighted by Gasteiger charge is -2.25. The summed E-state index contributed by atoms with van der Waals surface area (Å²) in [6.07, 6.45) is 8.13. The Morgan fingerprint density at radius 2 is 2.11 bits per heavy atom. The standard InChI is InChI=1S/C26H39N9O3/c1-18(36)29-12-15-35(13-4-3-7-20-9-8-19-6-5-11-30-24(19)33-20)14-10-21(26(37)38)34-25-23(27)22(16-28-2)31-17-32-25/h8-9,16-17,21H,3-7,10-15,27H2,1-2H3,(H,29,36)(H,30,33)(H,37,38)(H,31,32,34)/t21-/m0/s1. The molecule has 1 aliphatic heterocycles. The van der Waals surface area contributed by atoms with Crippen LogP contribution in [0.4, 0.5) is 17.3 Å². The number of aromatic nitrogens is 3. The van der Waals surface area contributed by atoms with Crippen LogP contribution in [-0.4, -0.2) is 88.9 Å². The van der Waals surface area contributed by atoms with E-state index in [9.17, 15) is 14.7 Å². The van der Waals surface area contributed by atoms with Gasteiger partial charge in [-0.05, 0) is 56.7 Å². The Morgan fingerprint density at radius 3 is 2.87 bits per heavy atom. The minimum Gasteiger partial charge on any atom is -0.480 e. The largest absolute Gasteiger partial charge is 0.480 e. The van der Waals surface area contributed by atoms with E-state index in [0.717, 1.165) is 56.7 Å². The highest BCUT2D eigenvalue weighted by Crippen LogP contribution is 2.21. The fourth-order valence-corrected chi connectivity index (χ4v) is 4.36. The van der Waals surface area contributed by atoms with Crippen molar-refractivity contribution in [1.29, 1.82) is 0 Å². The van der Waals surface area contributed by atoms with E-state index in [2.05, 4.69) is 47.9 Å². The Bertz CT molecular complexity index is 1110. The van der Waals surface area contributed by atoms with Gasteiger partial charge in [-0.15, -0.1) is 0 Å². The summed E-state index contributed by atoms with van der Waals surface area (Å²) < 4.78 is 0. The Morgan fingerprint density at radius 1 is 1.26 bits per heavy atom. The quantitative estimate of drug-likeness (QED) is 0.170. The number of aryl methyl sites for hydroxylation is 2. The fourth-order valence-electron chi connectivity index (χ4n) is 4.36. The van der Waals surface area contributed by atoms with Gasteiger partial charge in [0.05, 0.1) is 0 Å². The van der Waals surface area contributed by atoms with Crippen molar-refractivity contribution < 1.29 is 14.7 Å². The molecule has 3 heterocycles. The van der Waals surface area contributed by atoms with Crippen LogP contribution < -0.4 is 21.7 Å². The summed E-state index contributed by atoms with van der Waals surface area (Å²) in [4.78, 5) is 42.4. The Balaban J connectivity index is 1.55. The first kappa shape index (κ1) is 28.8. The number of hydrogen-bond acceptors (Lipinski definition) is 10. The number of unbranched alkanes of at least 4 members (excludes halogenated alkanes) is 1. The molecule has 206 valence electrons. The van der Waals surface area contributed by atoms with E-state index < -0.39 is 12.0 Å². The van der Waals surface area contributed by atoms with Crippen molar-refractivity contribution in [2.45, 2.75) is 51.5 Å². The van der Waals surface area contributed by atoms with Crippen LogP contribution in [0.1, 0.15) is 49.6 Å². The van der Waals surface area contributed by atoms with Gasteiger partial charge in [0, 0.05) is 52.1 Å². The van der Waals surface area contributed by atoms with Gasteiger partial charge in [-0.3, -0.25) is 9.79 Å². The molecule has 3 rings (SSSR count). The monoisotopic (exact) mass is 525 g/mol. The van der Waals surface area contributed by atoms with Crippen LogP contribution in [0.3, 0.4) is 0 Å². The number of fused-ring (bicyclic) bond motifs is 1. The van der Waals surface area contributed by atoms with E-state index >= 15 is 0 Å². The van der Waals surface area contributed by atoms with E-state index in [-0.39, 0.29) is 17.4 Å². The number of carboxylic acid groups (broad SMARTS) is 1. The van der Waals surface area contributed by atoms with Crippen LogP contribution in [0.25, 0.3) is 0 Å². The van der Waals surface area contributed by atoms with Crippen LogP contribution in [0.15, 0.2) is 23.5 Å². The number of hydrogen-bond donors (Lipinski definition) is 5. The molecule has 0 aliphatic carbocycles. The lowest BCUT2D eigenvalue weighted by molar-refractivity contribution is -0.138. The van der Waals surface area contributed by atoms with Crippen molar-refractivity contribution in [3.05, 3.63) is 35.4 Å². The predicted octanol–water partition coefficient (Wildman–Crippen LogP) is 1.58. The van der Waals surface area contributed by atoms with Gasteiger partial charge in [-0.1, -0.05) is 6.07 Å². The fraction of sp³-hybridized carbons (Fsp3) is 0.538. The highest BCUT2D eigenvalue weighted by molar-refractivity contribution is 5.89. The minimum atomic E-state index is -0.998. The number of nitrogens with one attached hydrogen (secondary N) is 3. The van der Waals surface area contributed by atoms with E-state index in [1.54, 1.807) is 7.05 Å². The van der Waals surface area contributed by atoms with E-state index in [4.69, 9.17) is 10.7 Å². The SMILES string of the molecule is CN=Cc1ncnc(N[C@@H](CCN(CCCCc2ccc3c(n2)NCCC3)CCNC(C)=O)C(=O)O)c1N. The number of amides is 1. The van der Waals surface area contributed by atoms with Gasteiger partial charge in [-0.25, -0.2) is 19.7 Å². The van der Waals surface area contributed by atoms with Gasteiger partial charge in [-0.2, -0.15) is 0 Å². The second-order valence-electron chi connectivity index (χ2n) is 9.35. The number of nitrogens with zero attached hydrogens (tertiary/aromatic N) is 5. The summed E-state index contributed by atoms with van der Waals surface area (Å²) in [6, 6.07) is 3.39. The molecule has 2 aromatic heterocycles. The molecule has 0 spiro atoms. The van der Waals surface area contributed by atoms with Crippen LogP contribution in [0.2, 0.25) is 0 Å². The number of carbonyl (C=O) groups is 2. The van der Waals surface area contributed by atoms with Crippen LogP contribution in [0, 0.1) is 0 Å². The maximum Gasteiger partial charge on any atom is 0.326 e. The molecule has 1 amide bonds. The molecule has 0 unspecified atom stereocenters. The van der Waals surface area contributed by atoms with Crippen LogP contribution in [-0.2, 0) is 22.4 Å². The number of pyridine rings is 1. The summed E-state index contributed by atoms with van der Waals surface area (Å²) in [6.45, 7) is 4.88. The first-order valence-corrected chi connectivity index (χ1v) is 13.1. The van der Waals surface area contributed by atoms with Crippen molar-refractivity contribution in [3.63, 3.8) is 0 Å². The Kier molecular flexibility index (Phi) is 11.2. The topological polar surface area (TPSA) is 171 Å². The molecule has 0 radical (unpaired) electrons. The van der Waals surface area contributed by atoms with Crippen LogP contribution >= 0.6 is 0 Å². The lowest BCUT2D eigenvalue weighted by atomic mass is 10.1. The zero-order valence-electron chi connectivity index (χ0n) is 22.2. The molecule has 6 N–H and O–H groups in total. The number of anilines is 3. The van der Waals surface area contributed by atoms with Crippen molar-refractivity contribution >= 4 is 35.4 Å². The zero-order chi connectivity index (χ0) is 27.3. The molecule has 0 saturated heterocycles. The van der Waals surface area contributed by atoms with Crippen molar-refractivity contribution in [2.24, 2.45) is 4.99 Å². The highest BCUT2D eigenvalue weighted by atomic mass is 16.4. The van der Waals surface area contributed by atoms with Crippen LogP contribution in [0.5, 0.6) is 0 Å². The number of aliphatic carboxylic acids is 1. The van der Waals surface area contributed by atoms with E-state index in [1.165, 1.54) is 25.0 Å². The summed E-state index contributed by atoms with van der Waals surface area (Å²) in [5.74, 6) is 0.186. The third kappa shape index (κ3) is 8.94. The lowest BCUT2D eigenvalue weighted by Crippen LogP contribution is -2.39. The number of nitrogens with two attached hydrogens (primary N) is 1. The summed E-state index contributed by atoms with van der Waals surface area (Å²) in [5, 5.41) is 19.0. The molecule has 0 fully saturated rings. The van der Waals surface area contributed by atoms with Gasteiger partial charge >= 0.3 is 5.97 Å². The van der Waals surface area contributed by atoms with Gasteiger partial charge in [0.25, 0.3) is 0 Å². The first-order valence-electron chi connectivity index (χ1n) is 13.1. The Hall–Kier alpha value is -3.80. The maximum atomic E-state index is 12.0. The second kappa shape index (κ2) is 14.8. The number of carbonyl (C=O) groups excluding carboxylic acids is 1. The first-order chi connectivity index (χ1) is 18.4. The van der Waals surface area contributed by atoms with Gasteiger partial charge in [0.1, 0.15) is 29.6 Å². The predicted molar refractivity (Wildman–Crippen MR) is 149 cm³/mol. The second-order valence-corrected chi connectivity index (χ2v) is 9.35. The maximum absolute atomic E-state index is 12.0. The molecule has 12 nitrogen and oxygen atoms in total. The smallest absolute Gasteiger partial charge is 0.326 e. The van der Waals surface area contributed by atoms with Gasteiger partial charge < -0.3 is 31.7 Å². The molecule has 0 aromatic carbocycles. The van der Waals surface area contributed by atoms with Crippen molar-refractivity contribution in [1.82, 2.24) is 25.2 Å². The molecular formula is C26H39N9O3. The average Bonchev–Trinajstić information content (AvgIpc) is 2.90. The molecule has 1 atom stereocenters. The molecule has 38 heavy (non-hydrogen) atoms. The molecule has 0 saturated carbocycles. The summed E-state index contributed by atoms with van der Waals surface area (Å²) >= 11 is 0. The van der Waals surface area contributed by atoms with E-state index in [1.807, 2.05) is 0 Å². The van der Waals surface area contributed by atoms with Crippen molar-refractivity contribution in [3.8, 4) is 0 Å². The normalized spacial score (nSPS) is 13.7. The van der Waals surface area contributed by atoms with Crippen molar-refractivity contribution in [2.75, 3.05) is 56.1 Å². The number of aliphatic imine (C=N–C) groups is 1. The Labute approximate surface area is 223 Å². The average molecular weight is 526 g/mol. The van der Waals surface area contributed by atoms with E-state index in [0.29, 0.717) is 31.7 Å². The molecule has 12 heteroatoms. The summed E-state index contributed by atoms with van der Waals surface area (Å²) in [5.41, 5.74) is 9.14. The van der Waals surface area contributed by atoms with Gasteiger partial charge in [0.2, 0.25) is 5.91 Å². The summed E-state index contributed by atoms with van der Waals surface area (Å²) in [7, 11) is 1.60. The molecule has 2 aromatic rings. The third-order valence-electron chi connectivity index (χ3n) is 6.42. The number of carboxylic acids is 1. The molecule has 1 aliphatic rings. The zero-order valence-corrected chi connectivity index (χ0v) is 22.2. The van der Waals surface area contributed by atoms with Gasteiger partial charge in [0.15, 0.2) is 5.82 Å². The molecular weight excluding hydrogens is 486 g/mol. The highest BCUT2D eigenvalue weighted by Gasteiger charge is 2.21. The number of nitrogen functional groups attached to an aromatic ring is 1.